The molecule has 1 aliphatic heterocycles. The highest BCUT2D eigenvalue weighted by Gasteiger charge is 2.41. The summed E-state index contributed by atoms with van der Waals surface area (Å²) < 4.78 is 6.33. The van der Waals surface area contributed by atoms with Gasteiger partial charge < -0.3 is 4.74 Å². The molecule has 3 nitrogen and oxygen atoms in total. The minimum Gasteiger partial charge on any atom is -0.474 e. The van der Waals surface area contributed by atoms with Crippen molar-refractivity contribution in [3.05, 3.63) is 126 Å². The summed E-state index contributed by atoms with van der Waals surface area (Å²) in [6, 6.07) is 38.9. The number of nitrogens with zero attached hydrogens (tertiary/aromatic N) is 2. The second-order valence-corrected chi connectivity index (χ2v) is 10.3. The number of para-hydroxylation sites is 1. The van der Waals surface area contributed by atoms with Crippen LogP contribution in [0.3, 0.4) is 0 Å². The smallest absolute Gasteiger partial charge is 0.236 e. The van der Waals surface area contributed by atoms with E-state index in [1.165, 1.54) is 43.8 Å². The zero-order valence-electron chi connectivity index (χ0n) is 20.3. The second-order valence-electron chi connectivity index (χ2n) is 10.3. The van der Waals surface area contributed by atoms with E-state index in [-0.39, 0.29) is 5.54 Å². The molecule has 3 heteroatoms. The summed E-state index contributed by atoms with van der Waals surface area (Å²) in [6.45, 7) is 0.551. The third-order valence-electron chi connectivity index (χ3n) is 7.95. The number of aromatic nitrogens is 1. The molecule has 37 heavy (non-hydrogen) atoms. The Kier molecular flexibility index (Phi) is 4.33. The maximum atomic E-state index is 6.33. The van der Waals surface area contributed by atoms with Gasteiger partial charge in [-0.3, -0.25) is 0 Å². The van der Waals surface area contributed by atoms with Gasteiger partial charge in [0, 0.05) is 18.2 Å². The molecule has 0 unspecified atom stereocenters. The number of hydrogen-bond acceptors (Lipinski definition) is 3. The summed E-state index contributed by atoms with van der Waals surface area (Å²) >= 11 is 0. The van der Waals surface area contributed by atoms with E-state index in [1.807, 2.05) is 24.3 Å². The van der Waals surface area contributed by atoms with Crippen molar-refractivity contribution in [1.29, 1.82) is 0 Å². The molecule has 1 aliphatic carbocycles. The summed E-state index contributed by atoms with van der Waals surface area (Å²) in [5.41, 5.74) is 6.73. The maximum absolute atomic E-state index is 6.33. The highest BCUT2D eigenvalue weighted by Crippen LogP contribution is 2.45. The number of rotatable bonds is 1. The quantitative estimate of drug-likeness (QED) is 0.246. The van der Waals surface area contributed by atoms with Crippen molar-refractivity contribution >= 4 is 38.3 Å². The van der Waals surface area contributed by atoms with Gasteiger partial charge in [-0.1, -0.05) is 97.1 Å². The number of fused-ring (bicyclic) bond motifs is 8. The first kappa shape index (κ1) is 20.7. The Balaban J connectivity index is 1.35. The molecule has 2 heterocycles. The lowest BCUT2D eigenvalue weighted by Crippen LogP contribution is -2.33. The number of ether oxygens (including phenoxy) is 1. The van der Waals surface area contributed by atoms with Crippen LogP contribution < -0.4 is 0 Å². The van der Waals surface area contributed by atoms with Crippen molar-refractivity contribution in [1.82, 2.24) is 4.98 Å². The first-order chi connectivity index (χ1) is 18.3. The second kappa shape index (κ2) is 7.75. The molecule has 0 amide bonds. The first-order valence-corrected chi connectivity index (χ1v) is 12.9. The number of aliphatic imine (C=N–C) groups is 1. The Labute approximate surface area is 215 Å². The van der Waals surface area contributed by atoms with E-state index in [2.05, 4.69) is 84.9 Å². The molecular formula is C34H24N2O. The Morgan fingerprint density at radius 2 is 1.14 bits per heavy atom. The van der Waals surface area contributed by atoms with Crippen LogP contribution in [0, 0.1) is 0 Å². The summed E-state index contributed by atoms with van der Waals surface area (Å²) in [7, 11) is 0. The molecule has 0 fully saturated rings. The van der Waals surface area contributed by atoms with E-state index in [0.29, 0.717) is 12.5 Å². The Bertz CT molecular complexity index is 1810. The van der Waals surface area contributed by atoms with E-state index in [4.69, 9.17) is 14.7 Å². The van der Waals surface area contributed by atoms with Crippen LogP contribution in [-0.2, 0) is 17.6 Å². The molecule has 2 aliphatic rings. The topological polar surface area (TPSA) is 34.5 Å². The third kappa shape index (κ3) is 3.20. The van der Waals surface area contributed by atoms with Crippen LogP contribution in [0.4, 0.5) is 0 Å². The first-order valence-electron chi connectivity index (χ1n) is 12.9. The van der Waals surface area contributed by atoms with Gasteiger partial charge in [-0.15, -0.1) is 0 Å². The average Bonchev–Trinajstić information content (AvgIpc) is 3.29. The van der Waals surface area contributed by atoms with Crippen molar-refractivity contribution in [2.24, 2.45) is 4.99 Å². The molecule has 5 aromatic carbocycles. The molecule has 8 rings (SSSR count). The lowest BCUT2D eigenvalue weighted by atomic mass is 9.88. The van der Waals surface area contributed by atoms with Crippen LogP contribution in [0.2, 0.25) is 0 Å². The molecule has 1 spiro atoms. The fraction of sp³-hybridized carbons (Fsp3) is 0.118. The van der Waals surface area contributed by atoms with Crippen molar-refractivity contribution in [2.45, 2.75) is 18.4 Å². The molecule has 0 saturated carbocycles. The van der Waals surface area contributed by atoms with Crippen LogP contribution in [0.25, 0.3) is 43.6 Å². The van der Waals surface area contributed by atoms with Gasteiger partial charge in [-0.25, -0.2) is 9.98 Å². The number of hydrogen-bond donors (Lipinski definition) is 0. The molecular weight excluding hydrogens is 452 g/mol. The van der Waals surface area contributed by atoms with Crippen molar-refractivity contribution in [2.75, 3.05) is 6.61 Å². The Morgan fingerprint density at radius 1 is 0.568 bits per heavy atom. The van der Waals surface area contributed by atoms with Gasteiger partial charge in [0.05, 0.1) is 5.52 Å². The summed E-state index contributed by atoms with van der Waals surface area (Å²) in [5.74, 6) is 0.650. The zero-order valence-corrected chi connectivity index (χ0v) is 20.3. The minimum atomic E-state index is -0.367. The average molecular weight is 477 g/mol. The molecule has 1 aromatic heterocycles. The SMILES string of the molecule is c1ccc2nc(C3=NC4(CO3)Cc3ccc5ccccc5c3-c3c(ccc5ccccc35)C4)ccc2c1. The Morgan fingerprint density at radius 3 is 1.81 bits per heavy atom. The van der Waals surface area contributed by atoms with Crippen molar-refractivity contribution in [3.63, 3.8) is 0 Å². The number of pyridine rings is 1. The molecule has 0 bridgehead atoms. The third-order valence-corrected chi connectivity index (χ3v) is 7.95. The Hall–Kier alpha value is -4.50. The van der Waals surface area contributed by atoms with Crippen LogP contribution in [0.1, 0.15) is 16.8 Å². The summed E-state index contributed by atoms with van der Waals surface area (Å²) in [6.07, 6.45) is 1.65. The maximum Gasteiger partial charge on any atom is 0.236 e. The lowest BCUT2D eigenvalue weighted by molar-refractivity contribution is 0.252. The highest BCUT2D eigenvalue weighted by molar-refractivity contribution is 6.08. The standard InChI is InChI=1S/C34H24N2O/c1-4-10-27-22(7-1)13-15-25-19-34(20-26-16-14-23-8-2-5-11-28(23)32(26)31(25)27)21-37-33(36-34)30-18-17-24-9-3-6-12-29(24)35-30/h1-18H,19-21H2. The molecule has 176 valence electrons. The monoisotopic (exact) mass is 476 g/mol. The predicted molar refractivity (Wildman–Crippen MR) is 151 cm³/mol. The van der Waals surface area contributed by atoms with Crippen molar-refractivity contribution in [3.8, 4) is 11.1 Å². The van der Waals surface area contributed by atoms with Crippen LogP contribution in [-0.4, -0.2) is 23.0 Å². The van der Waals surface area contributed by atoms with E-state index in [9.17, 15) is 0 Å². The van der Waals surface area contributed by atoms with Gasteiger partial charge in [-0.2, -0.15) is 0 Å². The van der Waals surface area contributed by atoms with Crippen molar-refractivity contribution < 1.29 is 4.74 Å². The fourth-order valence-electron chi connectivity index (χ4n) is 6.27. The predicted octanol–water partition coefficient (Wildman–Crippen LogP) is 7.52. The van der Waals surface area contributed by atoms with Gasteiger partial charge in [0.2, 0.25) is 5.90 Å². The molecule has 6 aromatic rings. The number of benzene rings is 5. The van der Waals surface area contributed by atoms with Gasteiger partial charge >= 0.3 is 0 Å². The summed E-state index contributed by atoms with van der Waals surface area (Å²) in [4.78, 5) is 10.2. The van der Waals surface area contributed by atoms with Crippen LogP contribution >= 0.6 is 0 Å². The highest BCUT2D eigenvalue weighted by atomic mass is 16.5. The molecule has 0 radical (unpaired) electrons. The van der Waals surface area contributed by atoms with Gasteiger partial charge in [0.25, 0.3) is 0 Å². The van der Waals surface area contributed by atoms with Gasteiger partial charge in [0.1, 0.15) is 17.8 Å². The van der Waals surface area contributed by atoms with E-state index in [0.717, 1.165) is 29.4 Å². The normalized spacial score (nSPS) is 15.8. The molecule has 0 saturated heterocycles. The zero-order chi connectivity index (χ0) is 24.4. The fourth-order valence-corrected chi connectivity index (χ4v) is 6.27. The van der Waals surface area contributed by atoms with Gasteiger partial charge in [-0.05, 0) is 55.9 Å². The molecule has 0 N–H and O–H groups in total. The minimum absolute atomic E-state index is 0.367. The summed E-state index contributed by atoms with van der Waals surface area (Å²) in [5, 5.41) is 6.25. The largest absolute Gasteiger partial charge is 0.474 e. The van der Waals surface area contributed by atoms with E-state index >= 15 is 0 Å². The van der Waals surface area contributed by atoms with Crippen LogP contribution in [0.15, 0.2) is 114 Å². The van der Waals surface area contributed by atoms with E-state index in [1.54, 1.807) is 0 Å². The lowest BCUT2D eigenvalue weighted by Gasteiger charge is -2.23. The van der Waals surface area contributed by atoms with Crippen LogP contribution in [0.5, 0.6) is 0 Å². The molecule has 0 atom stereocenters. The van der Waals surface area contributed by atoms with E-state index < -0.39 is 0 Å². The van der Waals surface area contributed by atoms with Gasteiger partial charge in [0.15, 0.2) is 0 Å².